The van der Waals surface area contributed by atoms with Gasteiger partial charge in [0.25, 0.3) is 5.56 Å². The number of phenolic OH excluding ortho intramolecular Hbond substituents is 1. The lowest BCUT2D eigenvalue weighted by Gasteiger charge is -2.30. The molecule has 3 heterocycles. The van der Waals surface area contributed by atoms with Gasteiger partial charge in [0, 0.05) is 10.4 Å². The van der Waals surface area contributed by atoms with E-state index in [2.05, 4.69) is 35.7 Å². The van der Waals surface area contributed by atoms with Crippen molar-refractivity contribution in [1.82, 2.24) is 4.57 Å². The molecule has 0 saturated carbocycles. The molecule has 2 aliphatic rings. The van der Waals surface area contributed by atoms with E-state index in [0.29, 0.717) is 21.7 Å². The third kappa shape index (κ3) is 3.43. The van der Waals surface area contributed by atoms with E-state index in [1.807, 2.05) is 23.6 Å². The van der Waals surface area contributed by atoms with Crippen LogP contribution in [0.3, 0.4) is 0 Å². The predicted octanol–water partition coefficient (Wildman–Crippen LogP) is 4.48. The quantitative estimate of drug-likeness (QED) is 0.463. The number of allylic oxidation sites excluding steroid dienone is 1. The van der Waals surface area contributed by atoms with Crippen molar-refractivity contribution in [3.05, 3.63) is 107 Å². The Hall–Kier alpha value is -3.42. The van der Waals surface area contributed by atoms with E-state index < -0.39 is 0 Å². The first kappa shape index (κ1) is 21.1. The largest absolute Gasteiger partial charge is 0.504 e. The van der Waals surface area contributed by atoms with Crippen molar-refractivity contribution in [3.63, 3.8) is 0 Å². The van der Waals surface area contributed by atoms with Gasteiger partial charge in [0.2, 0.25) is 0 Å². The number of thiophene rings is 1. The van der Waals surface area contributed by atoms with Gasteiger partial charge in [-0.15, -0.1) is 11.3 Å². The van der Waals surface area contributed by atoms with Crippen LogP contribution in [0.25, 0.3) is 11.8 Å². The number of phenols is 1. The van der Waals surface area contributed by atoms with E-state index in [-0.39, 0.29) is 17.4 Å². The average Bonchev–Trinajstić information content (AvgIpc) is 3.49. The second-order valence-corrected chi connectivity index (χ2v) is 10.3. The van der Waals surface area contributed by atoms with Gasteiger partial charge in [0.15, 0.2) is 16.3 Å². The molecule has 0 radical (unpaired) electrons. The molecule has 5 nitrogen and oxygen atoms in total. The molecule has 0 spiro atoms. The summed E-state index contributed by atoms with van der Waals surface area (Å²) in [5.74, 6) is 0.497. The summed E-state index contributed by atoms with van der Waals surface area (Å²) < 4.78 is 7.99. The second-order valence-electron chi connectivity index (χ2n) is 8.29. The predicted molar refractivity (Wildman–Crippen MR) is 136 cm³/mol. The number of fused-ring (bicyclic) bond motifs is 3. The summed E-state index contributed by atoms with van der Waals surface area (Å²) in [6.45, 7) is 2.32. The molecule has 4 aromatic rings. The number of thiazole rings is 1. The lowest BCUT2D eigenvalue weighted by molar-refractivity contribution is 0.318. The molecular weight excluding hydrogens is 464 g/mol. The van der Waals surface area contributed by atoms with Gasteiger partial charge in [-0.25, -0.2) is 4.99 Å². The number of hydrogen-bond acceptors (Lipinski definition) is 6. The molecule has 6 rings (SSSR count). The number of benzene rings is 2. The highest BCUT2D eigenvalue weighted by Crippen LogP contribution is 2.42. The fourth-order valence-corrected chi connectivity index (χ4v) is 6.61. The third-order valence-electron chi connectivity index (χ3n) is 6.27. The summed E-state index contributed by atoms with van der Waals surface area (Å²) in [5, 5.41) is 12.1. The van der Waals surface area contributed by atoms with Crippen LogP contribution in [0.5, 0.6) is 11.5 Å². The van der Waals surface area contributed by atoms with E-state index in [1.165, 1.54) is 28.0 Å². The number of aromatic hydroxyl groups is 1. The molecule has 1 N–H and O–H groups in total. The molecule has 2 aromatic heterocycles. The molecule has 1 unspecified atom stereocenters. The molecule has 1 aliphatic carbocycles. The van der Waals surface area contributed by atoms with Crippen LogP contribution in [0.4, 0.5) is 0 Å². The Balaban J connectivity index is 1.57. The first-order valence-corrected chi connectivity index (χ1v) is 13.0. The fourth-order valence-electron chi connectivity index (χ4n) is 4.76. The molecule has 1 aliphatic heterocycles. The van der Waals surface area contributed by atoms with Crippen LogP contribution in [0.15, 0.2) is 75.3 Å². The maximum Gasteiger partial charge on any atom is 0.271 e. The molecular formula is C27H22N2O3S2. The normalized spacial score (nSPS) is 17.1. The minimum absolute atomic E-state index is 0.0430. The fraction of sp³-hybridized carbons (Fsp3) is 0.185. The Kier molecular flexibility index (Phi) is 5.23. The lowest BCUT2D eigenvalue weighted by Crippen LogP contribution is -2.38. The number of hydrogen-bond donors (Lipinski definition) is 1. The van der Waals surface area contributed by atoms with Crippen molar-refractivity contribution < 1.29 is 9.84 Å². The first-order chi connectivity index (χ1) is 16.6. The number of aromatic nitrogens is 1. The summed E-state index contributed by atoms with van der Waals surface area (Å²) in [5.41, 5.74) is 5.45. The van der Waals surface area contributed by atoms with Gasteiger partial charge in [0.05, 0.1) is 22.9 Å². The van der Waals surface area contributed by atoms with E-state index in [9.17, 15) is 9.90 Å². The van der Waals surface area contributed by atoms with Crippen LogP contribution >= 0.6 is 22.7 Å². The minimum Gasteiger partial charge on any atom is -0.504 e. The maximum absolute atomic E-state index is 13.7. The minimum atomic E-state index is -0.138. The number of rotatable bonds is 4. The molecule has 0 bridgehead atoms. The van der Waals surface area contributed by atoms with Crippen LogP contribution in [0.1, 0.15) is 41.0 Å². The molecule has 0 fully saturated rings. The average molecular weight is 487 g/mol. The van der Waals surface area contributed by atoms with Gasteiger partial charge in [-0.1, -0.05) is 47.7 Å². The molecule has 2 aromatic carbocycles. The van der Waals surface area contributed by atoms with Gasteiger partial charge in [-0.05, 0) is 66.1 Å². The van der Waals surface area contributed by atoms with Gasteiger partial charge in [0.1, 0.15) is 0 Å². The number of ether oxygens (including phenoxy) is 1. The Bertz CT molecular complexity index is 1610. The maximum atomic E-state index is 13.7. The van der Waals surface area contributed by atoms with Crippen molar-refractivity contribution in [2.24, 2.45) is 4.99 Å². The zero-order valence-corrected chi connectivity index (χ0v) is 20.2. The standard InChI is InChI=1S/C27H22N2O3S2/c1-2-32-21-14-16(9-12-20(21)30)15-23-26(31)29-25(22-8-5-13-33-22)19-11-10-17-6-3-4-7-18(17)24(19)28-27(29)34-23/h3-9,12-15,25,30H,2,10-11H2,1H3. The lowest BCUT2D eigenvalue weighted by atomic mass is 9.85. The van der Waals surface area contributed by atoms with Crippen LogP contribution in [0, 0.1) is 0 Å². The summed E-state index contributed by atoms with van der Waals surface area (Å²) in [4.78, 5) is 20.6. The van der Waals surface area contributed by atoms with Gasteiger partial charge >= 0.3 is 0 Å². The summed E-state index contributed by atoms with van der Waals surface area (Å²) in [6, 6.07) is 17.6. The van der Waals surface area contributed by atoms with Crippen molar-refractivity contribution >= 4 is 34.4 Å². The SMILES string of the molecule is CCOc1cc(C=c2sc3n(c2=O)C(c2cccs2)C2=C(N=3)c3ccccc3CC2)ccc1O. The molecule has 0 saturated heterocycles. The van der Waals surface area contributed by atoms with Crippen molar-refractivity contribution in [2.75, 3.05) is 6.61 Å². The second kappa shape index (κ2) is 8.42. The van der Waals surface area contributed by atoms with E-state index in [0.717, 1.165) is 29.0 Å². The van der Waals surface area contributed by atoms with Gasteiger partial charge in [-0.3, -0.25) is 9.36 Å². The molecule has 1 atom stereocenters. The third-order valence-corrected chi connectivity index (χ3v) is 8.17. The monoisotopic (exact) mass is 486 g/mol. The summed E-state index contributed by atoms with van der Waals surface area (Å²) in [6.07, 6.45) is 3.69. The topological polar surface area (TPSA) is 63.8 Å². The first-order valence-electron chi connectivity index (χ1n) is 11.3. The zero-order valence-electron chi connectivity index (χ0n) is 18.5. The molecule has 0 amide bonds. The highest BCUT2D eigenvalue weighted by atomic mass is 32.1. The van der Waals surface area contributed by atoms with Gasteiger partial charge in [-0.2, -0.15) is 0 Å². The Morgan fingerprint density at radius 3 is 2.88 bits per heavy atom. The molecule has 34 heavy (non-hydrogen) atoms. The van der Waals surface area contributed by atoms with Crippen molar-refractivity contribution in [3.8, 4) is 11.5 Å². The van der Waals surface area contributed by atoms with Crippen LogP contribution in [-0.2, 0) is 6.42 Å². The van der Waals surface area contributed by atoms with Crippen LogP contribution < -0.4 is 19.6 Å². The van der Waals surface area contributed by atoms with E-state index in [4.69, 9.17) is 9.73 Å². The number of nitrogens with zero attached hydrogens (tertiary/aromatic N) is 2. The summed E-state index contributed by atoms with van der Waals surface area (Å²) >= 11 is 3.08. The smallest absolute Gasteiger partial charge is 0.271 e. The molecule has 170 valence electrons. The Labute approximate surface area is 204 Å². The highest BCUT2D eigenvalue weighted by Gasteiger charge is 2.32. The number of aryl methyl sites for hydroxylation is 1. The van der Waals surface area contributed by atoms with Crippen molar-refractivity contribution in [2.45, 2.75) is 25.8 Å². The van der Waals surface area contributed by atoms with E-state index >= 15 is 0 Å². The van der Waals surface area contributed by atoms with Crippen molar-refractivity contribution in [1.29, 1.82) is 0 Å². The molecule has 7 heteroatoms. The van der Waals surface area contributed by atoms with Crippen LogP contribution in [0.2, 0.25) is 0 Å². The van der Waals surface area contributed by atoms with E-state index in [1.54, 1.807) is 29.5 Å². The summed E-state index contributed by atoms with van der Waals surface area (Å²) in [7, 11) is 0. The highest BCUT2D eigenvalue weighted by molar-refractivity contribution is 7.10. The Morgan fingerprint density at radius 2 is 2.06 bits per heavy atom. The van der Waals surface area contributed by atoms with Crippen LogP contribution in [-0.4, -0.2) is 16.3 Å². The zero-order chi connectivity index (χ0) is 23.2. The Morgan fingerprint density at radius 1 is 1.18 bits per heavy atom. The van der Waals surface area contributed by atoms with Gasteiger partial charge < -0.3 is 9.84 Å².